The number of hydrogen-bond acceptors (Lipinski definition) is 4. The molecule has 2 rings (SSSR count). The highest BCUT2D eigenvalue weighted by molar-refractivity contribution is 5.80. The minimum Gasteiger partial charge on any atom is -0.493 e. The summed E-state index contributed by atoms with van der Waals surface area (Å²) < 4.78 is 10.9. The van der Waals surface area contributed by atoms with Crippen molar-refractivity contribution in [1.29, 1.82) is 0 Å². The van der Waals surface area contributed by atoms with Gasteiger partial charge in [-0.2, -0.15) is 0 Å². The fraction of sp³-hybridized carbons (Fsp3) is 0.562. The van der Waals surface area contributed by atoms with Crippen LogP contribution < -0.4 is 20.1 Å². The molecule has 1 aliphatic heterocycles. The highest BCUT2D eigenvalue weighted by Crippen LogP contribution is 2.39. The van der Waals surface area contributed by atoms with Gasteiger partial charge < -0.3 is 20.1 Å². The zero-order valence-electron chi connectivity index (χ0n) is 12.9. The van der Waals surface area contributed by atoms with Crippen molar-refractivity contribution in [2.45, 2.75) is 19.3 Å². The summed E-state index contributed by atoms with van der Waals surface area (Å²) in [6, 6.07) is 5.83. The molecule has 5 nitrogen and oxygen atoms in total. The molecule has 1 aromatic rings. The average Bonchev–Trinajstić information content (AvgIpc) is 3.01. The number of para-hydroxylation sites is 1. The van der Waals surface area contributed by atoms with E-state index in [0.717, 1.165) is 30.8 Å². The lowest BCUT2D eigenvalue weighted by molar-refractivity contribution is -0.124. The van der Waals surface area contributed by atoms with Gasteiger partial charge in [-0.15, -0.1) is 0 Å². The Kier molecular flexibility index (Phi) is 5.44. The Labute approximate surface area is 126 Å². The molecule has 0 radical (unpaired) electrons. The van der Waals surface area contributed by atoms with Crippen LogP contribution in [0.25, 0.3) is 0 Å². The Morgan fingerprint density at radius 2 is 2.14 bits per heavy atom. The number of ether oxygens (including phenoxy) is 2. The number of amides is 1. The lowest BCUT2D eigenvalue weighted by atomic mass is 9.87. The third-order valence-corrected chi connectivity index (χ3v) is 3.93. The van der Waals surface area contributed by atoms with Gasteiger partial charge in [0, 0.05) is 31.1 Å². The van der Waals surface area contributed by atoms with Gasteiger partial charge in [-0.3, -0.25) is 4.79 Å². The molecule has 21 heavy (non-hydrogen) atoms. The van der Waals surface area contributed by atoms with E-state index in [0.29, 0.717) is 12.3 Å². The molecule has 2 N–H and O–H groups in total. The van der Waals surface area contributed by atoms with E-state index in [1.807, 2.05) is 18.2 Å². The Balaban J connectivity index is 2.25. The van der Waals surface area contributed by atoms with Crippen molar-refractivity contribution in [3.05, 3.63) is 23.8 Å². The van der Waals surface area contributed by atoms with E-state index in [1.165, 1.54) is 0 Å². The molecule has 1 aliphatic rings. The summed E-state index contributed by atoms with van der Waals surface area (Å²) in [7, 11) is 3.26. The first-order chi connectivity index (χ1) is 10.2. The fourth-order valence-corrected chi connectivity index (χ4v) is 2.86. The van der Waals surface area contributed by atoms with Crippen molar-refractivity contribution in [2.24, 2.45) is 5.92 Å². The van der Waals surface area contributed by atoms with Gasteiger partial charge in [0.05, 0.1) is 20.1 Å². The minimum atomic E-state index is -0.0717. The summed E-state index contributed by atoms with van der Waals surface area (Å²) in [6.45, 7) is 4.24. The molecule has 2 atom stereocenters. The number of benzene rings is 1. The largest absolute Gasteiger partial charge is 0.493 e. The van der Waals surface area contributed by atoms with Gasteiger partial charge >= 0.3 is 0 Å². The first kappa shape index (κ1) is 15.6. The summed E-state index contributed by atoms with van der Waals surface area (Å²) in [5, 5.41) is 6.30. The van der Waals surface area contributed by atoms with E-state index in [9.17, 15) is 4.79 Å². The van der Waals surface area contributed by atoms with Crippen molar-refractivity contribution in [3.8, 4) is 11.5 Å². The Hall–Kier alpha value is -1.75. The average molecular weight is 292 g/mol. The molecule has 1 fully saturated rings. The predicted octanol–water partition coefficient (Wildman–Crippen LogP) is 1.53. The molecular weight excluding hydrogens is 268 g/mol. The standard InChI is InChI=1S/C16H24N2O3/c1-4-8-18-16(19)13-10-17-9-12(13)11-6-5-7-14(20-2)15(11)21-3/h5-7,12-13,17H,4,8-10H2,1-3H3,(H,18,19). The molecule has 116 valence electrons. The van der Waals surface area contributed by atoms with Crippen LogP contribution in [0.1, 0.15) is 24.8 Å². The van der Waals surface area contributed by atoms with Crippen LogP contribution in [0.3, 0.4) is 0 Å². The van der Waals surface area contributed by atoms with Crippen LogP contribution >= 0.6 is 0 Å². The predicted molar refractivity (Wildman–Crippen MR) is 81.9 cm³/mol. The maximum Gasteiger partial charge on any atom is 0.225 e. The van der Waals surface area contributed by atoms with Crippen LogP contribution in [-0.4, -0.2) is 39.8 Å². The van der Waals surface area contributed by atoms with E-state index in [1.54, 1.807) is 14.2 Å². The second-order valence-corrected chi connectivity index (χ2v) is 5.25. The van der Waals surface area contributed by atoms with Gasteiger partial charge in [0.1, 0.15) is 0 Å². The maximum absolute atomic E-state index is 12.3. The van der Waals surface area contributed by atoms with Gasteiger partial charge in [-0.25, -0.2) is 0 Å². The Morgan fingerprint density at radius 1 is 1.33 bits per heavy atom. The van der Waals surface area contributed by atoms with Crippen LogP contribution in [0, 0.1) is 5.92 Å². The monoisotopic (exact) mass is 292 g/mol. The first-order valence-electron chi connectivity index (χ1n) is 7.42. The second kappa shape index (κ2) is 7.31. The minimum absolute atomic E-state index is 0.0717. The number of methoxy groups -OCH3 is 2. The molecule has 2 unspecified atom stereocenters. The molecule has 1 aromatic carbocycles. The van der Waals surface area contributed by atoms with Gasteiger partial charge in [-0.05, 0) is 12.5 Å². The van der Waals surface area contributed by atoms with Gasteiger partial charge in [-0.1, -0.05) is 19.1 Å². The Bertz CT molecular complexity index is 490. The van der Waals surface area contributed by atoms with E-state index in [2.05, 4.69) is 17.6 Å². The lowest BCUT2D eigenvalue weighted by Gasteiger charge is -2.21. The molecule has 0 bridgehead atoms. The zero-order valence-corrected chi connectivity index (χ0v) is 12.9. The normalized spacial score (nSPS) is 21.1. The summed E-state index contributed by atoms with van der Waals surface area (Å²) in [6.07, 6.45) is 0.943. The van der Waals surface area contributed by atoms with E-state index in [4.69, 9.17) is 9.47 Å². The third-order valence-electron chi connectivity index (χ3n) is 3.93. The van der Waals surface area contributed by atoms with Crippen LogP contribution in [0.5, 0.6) is 11.5 Å². The van der Waals surface area contributed by atoms with Gasteiger partial charge in [0.15, 0.2) is 11.5 Å². The molecule has 5 heteroatoms. The Morgan fingerprint density at radius 3 is 2.81 bits per heavy atom. The quantitative estimate of drug-likeness (QED) is 0.835. The van der Waals surface area contributed by atoms with Crippen LogP contribution in [0.2, 0.25) is 0 Å². The summed E-state index contributed by atoms with van der Waals surface area (Å²) in [5.74, 6) is 1.57. The molecule has 0 saturated carbocycles. The van der Waals surface area contributed by atoms with Gasteiger partial charge in [0.2, 0.25) is 5.91 Å². The van der Waals surface area contributed by atoms with Crippen LogP contribution in [0.4, 0.5) is 0 Å². The molecule has 0 aromatic heterocycles. The third kappa shape index (κ3) is 3.29. The maximum atomic E-state index is 12.3. The summed E-state index contributed by atoms with van der Waals surface area (Å²) >= 11 is 0. The molecule has 1 amide bonds. The molecule has 1 saturated heterocycles. The summed E-state index contributed by atoms with van der Waals surface area (Å²) in [4.78, 5) is 12.3. The SMILES string of the molecule is CCCNC(=O)C1CNCC1c1cccc(OC)c1OC. The number of nitrogens with one attached hydrogen (secondary N) is 2. The number of hydrogen-bond donors (Lipinski definition) is 2. The van der Waals surface area contributed by atoms with Gasteiger partial charge in [0.25, 0.3) is 0 Å². The first-order valence-corrected chi connectivity index (χ1v) is 7.42. The van der Waals surface area contributed by atoms with Crippen molar-refractivity contribution >= 4 is 5.91 Å². The highest BCUT2D eigenvalue weighted by atomic mass is 16.5. The zero-order chi connectivity index (χ0) is 15.2. The number of carbonyl (C=O) groups is 1. The topological polar surface area (TPSA) is 59.6 Å². The lowest BCUT2D eigenvalue weighted by Crippen LogP contribution is -2.34. The van der Waals surface area contributed by atoms with E-state index >= 15 is 0 Å². The smallest absolute Gasteiger partial charge is 0.225 e. The fourth-order valence-electron chi connectivity index (χ4n) is 2.86. The van der Waals surface area contributed by atoms with Crippen molar-refractivity contribution in [2.75, 3.05) is 33.9 Å². The highest BCUT2D eigenvalue weighted by Gasteiger charge is 2.35. The molecule has 1 heterocycles. The molecule has 0 spiro atoms. The van der Waals surface area contributed by atoms with Crippen molar-refractivity contribution in [3.63, 3.8) is 0 Å². The molecule has 0 aliphatic carbocycles. The van der Waals surface area contributed by atoms with Crippen molar-refractivity contribution in [1.82, 2.24) is 10.6 Å². The van der Waals surface area contributed by atoms with Crippen LogP contribution in [0.15, 0.2) is 18.2 Å². The number of carbonyl (C=O) groups excluding carboxylic acids is 1. The second-order valence-electron chi connectivity index (χ2n) is 5.25. The summed E-state index contributed by atoms with van der Waals surface area (Å²) in [5.41, 5.74) is 1.03. The molecular formula is C16H24N2O3. The van der Waals surface area contributed by atoms with Crippen LogP contribution in [-0.2, 0) is 4.79 Å². The number of rotatable bonds is 6. The van der Waals surface area contributed by atoms with Crippen molar-refractivity contribution < 1.29 is 14.3 Å². The van der Waals surface area contributed by atoms with E-state index in [-0.39, 0.29) is 17.7 Å². The van der Waals surface area contributed by atoms with E-state index < -0.39 is 0 Å².